The second-order valence-electron chi connectivity index (χ2n) is 7.13. The average molecular weight is 365 g/mol. The molecular formula is C16H20FN5O4. The number of nitrogens with zero attached hydrogens (tertiary/aromatic N) is 4. The van der Waals surface area contributed by atoms with Gasteiger partial charge in [-0.1, -0.05) is 0 Å². The zero-order valence-corrected chi connectivity index (χ0v) is 14.7. The molecule has 0 amide bonds. The van der Waals surface area contributed by atoms with Crippen molar-refractivity contribution in [1.29, 1.82) is 0 Å². The number of imidazole rings is 1. The molecule has 9 nitrogen and oxygen atoms in total. The minimum absolute atomic E-state index is 0.0128. The van der Waals surface area contributed by atoms with Crippen LogP contribution in [0.1, 0.15) is 33.2 Å². The lowest BCUT2D eigenvalue weighted by Crippen LogP contribution is -2.28. The zero-order chi connectivity index (χ0) is 18.6. The van der Waals surface area contributed by atoms with E-state index in [1.807, 2.05) is 13.8 Å². The van der Waals surface area contributed by atoms with Crippen LogP contribution >= 0.6 is 0 Å². The van der Waals surface area contributed by atoms with E-state index in [1.165, 1.54) is 6.92 Å². The zero-order valence-electron chi connectivity index (χ0n) is 14.7. The van der Waals surface area contributed by atoms with Crippen LogP contribution < -0.4 is 5.73 Å². The Bertz CT molecular complexity index is 870. The van der Waals surface area contributed by atoms with Crippen molar-refractivity contribution in [3.05, 3.63) is 12.4 Å². The Morgan fingerprint density at radius 2 is 2.15 bits per heavy atom. The molecule has 2 aromatic rings. The summed E-state index contributed by atoms with van der Waals surface area (Å²) in [7, 11) is 0. The number of esters is 1. The summed E-state index contributed by atoms with van der Waals surface area (Å²) >= 11 is 0. The Balaban J connectivity index is 1.71. The van der Waals surface area contributed by atoms with E-state index < -0.39 is 11.9 Å². The summed E-state index contributed by atoms with van der Waals surface area (Å²) in [6.07, 6.45) is 0.694. The van der Waals surface area contributed by atoms with Gasteiger partial charge in [0.15, 0.2) is 17.3 Å². The number of carbonyl (C=O) groups excluding carboxylic acids is 1. The summed E-state index contributed by atoms with van der Waals surface area (Å²) in [5, 5.41) is 0. The van der Waals surface area contributed by atoms with E-state index >= 15 is 0 Å². The van der Waals surface area contributed by atoms with Crippen molar-refractivity contribution in [3.63, 3.8) is 0 Å². The highest BCUT2D eigenvalue weighted by Crippen LogP contribution is 2.47. The third kappa shape index (κ3) is 2.78. The van der Waals surface area contributed by atoms with Gasteiger partial charge in [0.05, 0.1) is 25.1 Å². The molecule has 0 aromatic carbocycles. The van der Waals surface area contributed by atoms with Gasteiger partial charge >= 0.3 is 12.0 Å². The molecule has 2 aromatic heterocycles. The fourth-order valence-electron chi connectivity index (χ4n) is 3.87. The van der Waals surface area contributed by atoms with Crippen LogP contribution in [0, 0.1) is 12.0 Å². The lowest BCUT2D eigenvalue weighted by Gasteiger charge is -2.24. The summed E-state index contributed by atoms with van der Waals surface area (Å²) in [5.74, 6) is -1.19. The van der Waals surface area contributed by atoms with Crippen LogP contribution in [0.15, 0.2) is 6.33 Å². The fourth-order valence-corrected chi connectivity index (χ4v) is 3.87. The van der Waals surface area contributed by atoms with E-state index in [0.717, 1.165) is 0 Å². The van der Waals surface area contributed by atoms with Gasteiger partial charge in [0.2, 0.25) is 0 Å². The van der Waals surface area contributed by atoms with Gasteiger partial charge in [-0.2, -0.15) is 14.4 Å². The summed E-state index contributed by atoms with van der Waals surface area (Å²) in [6.45, 7) is 5.25. The maximum atomic E-state index is 13.7. The smallest absolute Gasteiger partial charge is 0.312 e. The number of anilines is 1. The van der Waals surface area contributed by atoms with E-state index in [2.05, 4.69) is 15.0 Å². The van der Waals surface area contributed by atoms with Crippen molar-refractivity contribution >= 4 is 23.0 Å². The molecule has 2 N–H and O–H groups in total. The molecule has 0 bridgehead atoms. The molecule has 0 spiro atoms. The van der Waals surface area contributed by atoms with Crippen molar-refractivity contribution in [2.24, 2.45) is 5.92 Å². The summed E-state index contributed by atoms with van der Waals surface area (Å²) in [4.78, 5) is 22.8. The number of ether oxygens (including phenoxy) is 3. The monoisotopic (exact) mass is 365 g/mol. The average Bonchev–Trinajstić information content (AvgIpc) is 3.16. The fraction of sp³-hybridized carbons (Fsp3) is 0.625. The van der Waals surface area contributed by atoms with E-state index in [1.54, 1.807) is 10.9 Å². The first-order valence-electron chi connectivity index (χ1n) is 8.40. The Morgan fingerprint density at radius 3 is 2.88 bits per heavy atom. The first-order chi connectivity index (χ1) is 12.2. The van der Waals surface area contributed by atoms with Crippen molar-refractivity contribution < 1.29 is 23.4 Å². The molecule has 4 rings (SSSR count). The van der Waals surface area contributed by atoms with Gasteiger partial charge in [0, 0.05) is 12.8 Å². The summed E-state index contributed by atoms with van der Waals surface area (Å²) in [6, 6.07) is -0.207. The number of nitrogens with two attached hydrogens (primary N) is 1. The number of halogens is 1. The number of carbonyl (C=O) groups is 1. The number of rotatable bonds is 3. The number of fused-ring (bicyclic) bond motifs is 2. The maximum absolute atomic E-state index is 13.7. The maximum Gasteiger partial charge on any atom is 0.312 e. The molecule has 1 aliphatic heterocycles. The van der Waals surface area contributed by atoms with Crippen molar-refractivity contribution in [2.45, 2.75) is 51.2 Å². The van der Waals surface area contributed by atoms with Crippen LogP contribution in [0.25, 0.3) is 11.2 Å². The number of hydrogen-bond donors (Lipinski definition) is 1. The van der Waals surface area contributed by atoms with E-state index in [-0.39, 0.29) is 42.6 Å². The second-order valence-corrected chi connectivity index (χ2v) is 7.13. The minimum atomic E-state index is -0.910. The molecule has 1 saturated heterocycles. The van der Waals surface area contributed by atoms with Crippen LogP contribution in [0.2, 0.25) is 0 Å². The normalized spacial score (nSPS) is 29.8. The first kappa shape index (κ1) is 17.1. The minimum Gasteiger partial charge on any atom is -0.465 e. The summed E-state index contributed by atoms with van der Waals surface area (Å²) < 4.78 is 32.7. The van der Waals surface area contributed by atoms with Gasteiger partial charge in [-0.3, -0.25) is 4.79 Å². The molecule has 0 radical (unpaired) electrons. The van der Waals surface area contributed by atoms with Gasteiger partial charge in [-0.15, -0.1) is 0 Å². The van der Waals surface area contributed by atoms with Crippen molar-refractivity contribution in [3.8, 4) is 0 Å². The quantitative estimate of drug-likeness (QED) is 0.637. The highest BCUT2D eigenvalue weighted by atomic mass is 19.1. The third-order valence-electron chi connectivity index (χ3n) is 4.83. The second kappa shape index (κ2) is 5.85. The Labute approximate surface area is 148 Å². The van der Waals surface area contributed by atoms with Gasteiger partial charge in [0.1, 0.15) is 11.6 Å². The molecule has 26 heavy (non-hydrogen) atoms. The molecule has 2 aliphatic rings. The lowest BCUT2D eigenvalue weighted by atomic mass is 10.1. The molecule has 3 heterocycles. The van der Waals surface area contributed by atoms with Crippen LogP contribution in [0.3, 0.4) is 0 Å². The van der Waals surface area contributed by atoms with Gasteiger partial charge in [0.25, 0.3) is 0 Å². The largest absolute Gasteiger partial charge is 0.465 e. The van der Waals surface area contributed by atoms with Crippen molar-refractivity contribution in [1.82, 2.24) is 19.5 Å². The number of nitrogen functional groups attached to an aromatic ring is 1. The van der Waals surface area contributed by atoms with Crippen LogP contribution in [0.5, 0.6) is 0 Å². The third-order valence-corrected chi connectivity index (χ3v) is 4.83. The molecule has 1 saturated carbocycles. The van der Waals surface area contributed by atoms with Gasteiger partial charge in [-0.25, -0.2) is 4.98 Å². The van der Waals surface area contributed by atoms with Crippen LogP contribution in [0.4, 0.5) is 10.2 Å². The van der Waals surface area contributed by atoms with Gasteiger partial charge in [-0.05, 0) is 20.3 Å². The Morgan fingerprint density at radius 1 is 1.42 bits per heavy atom. The van der Waals surface area contributed by atoms with Crippen LogP contribution in [-0.2, 0) is 19.0 Å². The number of hydrogen-bond acceptors (Lipinski definition) is 8. The molecular weight excluding hydrogens is 345 g/mol. The number of aromatic nitrogens is 4. The van der Waals surface area contributed by atoms with E-state index in [4.69, 9.17) is 19.9 Å². The first-order valence-corrected chi connectivity index (χ1v) is 8.40. The molecule has 140 valence electrons. The predicted octanol–water partition coefficient (Wildman–Crippen LogP) is 1.19. The molecule has 2 fully saturated rings. The van der Waals surface area contributed by atoms with Crippen LogP contribution in [-0.4, -0.2) is 50.1 Å². The predicted molar refractivity (Wildman–Crippen MR) is 87.3 cm³/mol. The topological polar surface area (TPSA) is 114 Å². The van der Waals surface area contributed by atoms with E-state index in [9.17, 15) is 9.18 Å². The SMILES string of the molecule is CC(=O)OC[C@H]1CC(n2cnc3c(N)nc(F)nc32)[C@@H]2OC(C)(C)O[C@H]12. The Kier molecular flexibility index (Phi) is 3.85. The standard InChI is InChI=1S/C16H20FN5O4/c1-7(23)24-5-8-4-9(12-11(8)25-16(2,3)26-12)22-6-19-10-13(18)20-15(17)21-14(10)22/h6,8-9,11-12H,4-5H2,1-3H3,(H2,18,20,21)/t8-,9?,11-,12+/m1/s1. The van der Waals surface area contributed by atoms with Gasteiger partial charge < -0.3 is 24.5 Å². The summed E-state index contributed by atoms with van der Waals surface area (Å²) in [5.41, 5.74) is 6.39. The molecule has 1 unspecified atom stereocenters. The highest BCUT2D eigenvalue weighted by Gasteiger charge is 2.55. The Hall–Kier alpha value is -2.33. The highest BCUT2D eigenvalue weighted by molar-refractivity contribution is 5.81. The molecule has 4 atom stereocenters. The van der Waals surface area contributed by atoms with Crippen molar-refractivity contribution in [2.75, 3.05) is 12.3 Å². The molecule has 1 aliphatic carbocycles. The van der Waals surface area contributed by atoms with E-state index in [0.29, 0.717) is 17.6 Å². The lowest BCUT2D eigenvalue weighted by molar-refractivity contribution is -0.164. The molecule has 10 heteroatoms.